The first-order valence-electron chi connectivity index (χ1n) is 9.03. The van der Waals surface area contributed by atoms with Crippen molar-refractivity contribution in [1.29, 1.82) is 0 Å². The predicted octanol–water partition coefficient (Wildman–Crippen LogP) is 3.34. The molecule has 0 bridgehead atoms. The lowest BCUT2D eigenvalue weighted by Crippen LogP contribution is -2.32. The zero-order valence-electron chi connectivity index (χ0n) is 16.3. The van der Waals surface area contributed by atoms with Gasteiger partial charge in [0.25, 0.3) is 0 Å². The molecular formula is C20H19F3N4O3S. The van der Waals surface area contributed by atoms with Crippen LogP contribution in [0.3, 0.4) is 0 Å². The summed E-state index contributed by atoms with van der Waals surface area (Å²) in [6.45, 7) is 0.404. The lowest BCUT2D eigenvalue weighted by Gasteiger charge is -2.10. The molecule has 7 nitrogen and oxygen atoms in total. The number of primary amides is 1. The van der Waals surface area contributed by atoms with E-state index in [-0.39, 0.29) is 18.8 Å². The van der Waals surface area contributed by atoms with E-state index < -0.39 is 28.7 Å². The Morgan fingerprint density at radius 1 is 1.16 bits per heavy atom. The molecule has 11 heteroatoms. The maximum atomic E-state index is 13.3. The van der Waals surface area contributed by atoms with Crippen molar-refractivity contribution in [3.63, 3.8) is 0 Å². The second kappa shape index (κ2) is 9.21. The zero-order chi connectivity index (χ0) is 22.6. The highest BCUT2D eigenvalue weighted by molar-refractivity contribution is 7.84. The summed E-state index contributed by atoms with van der Waals surface area (Å²) in [5, 5.41) is 6.12. The number of hydrogen-bond acceptors (Lipinski definition) is 4. The highest BCUT2D eigenvalue weighted by Gasteiger charge is 2.35. The third-order valence-electron chi connectivity index (χ3n) is 4.23. The van der Waals surface area contributed by atoms with Gasteiger partial charge in [-0.2, -0.15) is 18.3 Å². The van der Waals surface area contributed by atoms with Crippen LogP contribution in [0.5, 0.6) is 5.75 Å². The Labute approximate surface area is 178 Å². The largest absolute Gasteiger partial charge is 0.492 e. The molecule has 1 heterocycles. The molecule has 0 saturated heterocycles. The van der Waals surface area contributed by atoms with E-state index in [0.29, 0.717) is 21.9 Å². The van der Waals surface area contributed by atoms with Crippen molar-refractivity contribution in [1.82, 2.24) is 15.1 Å². The zero-order valence-corrected chi connectivity index (χ0v) is 17.2. The molecular weight excluding hydrogens is 433 g/mol. The van der Waals surface area contributed by atoms with Crippen molar-refractivity contribution in [2.24, 2.45) is 5.73 Å². The normalized spacial score (nSPS) is 12.4. The Bertz CT molecular complexity index is 1080. The number of amides is 2. The number of nitrogens with one attached hydrogen (secondary N) is 1. The summed E-state index contributed by atoms with van der Waals surface area (Å²) < 4.78 is 58.1. The average Bonchev–Trinajstić information content (AvgIpc) is 3.17. The summed E-state index contributed by atoms with van der Waals surface area (Å²) in [5.74, 6) is 0.479. The molecule has 164 valence electrons. The molecule has 0 saturated carbocycles. The van der Waals surface area contributed by atoms with E-state index in [1.165, 1.54) is 10.9 Å². The van der Waals surface area contributed by atoms with Crippen molar-refractivity contribution in [2.75, 3.05) is 19.4 Å². The summed E-state index contributed by atoms with van der Waals surface area (Å²) in [5.41, 5.74) is 5.07. The number of halogens is 3. The van der Waals surface area contributed by atoms with Crippen LogP contribution in [0.25, 0.3) is 16.9 Å². The van der Waals surface area contributed by atoms with Crippen molar-refractivity contribution in [3.8, 4) is 22.7 Å². The summed E-state index contributed by atoms with van der Waals surface area (Å²) in [6.07, 6.45) is -3.09. The van der Waals surface area contributed by atoms with Gasteiger partial charge in [-0.3, -0.25) is 4.21 Å². The van der Waals surface area contributed by atoms with Gasteiger partial charge in [-0.05, 0) is 54.6 Å². The summed E-state index contributed by atoms with van der Waals surface area (Å²) in [6, 6.07) is 13.0. The van der Waals surface area contributed by atoms with Crippen LogP contribution in [-0.2, 0) is 17.0 Å². The van der Waals surface area contributed by atoms with Gasteiger partial charge < -0.3 is 15.8 Å². The first kappa shape index (κ1) is 22.3. The van der Waals surface area contributed by atoms with Crippen LogP contribution in [0.15, 0.2) is 59.5 Å². The van der Waals surface area contributed by atoms with Crippen LogP contribution in [0.4, 0.5) is 18.0 Å². The van der Waals surface area contributed by atoms with Gasteiger partial charge in [0.15, 0.2) is 5.69 Å². The Hall–Kier alpha value is -3.34. The van der Waals surface area contributed by atoms with Gasteiger partial charge in [0.2, 0.25) is 0 Å². The van der Waals surface area contributed by atoms with Crippen LogP contribution < -0.4 is 15.8 Å². The van der Waals surface area contributed by atoms with Gasteiger partial charge in [0, 0.05) is 27.5 Å². The van der Waals surface area contributed by atoms with Crippen LogP contribution >= 0.6 is 0 Å². The molecule has 0 aliphatic rings. The van der Waals surface area contributed by atoms with Gasteiger partial charge in [-0.1, -0.05) is 0 Å². The molecule has 3 N–H and O–H groups in total. The molecule has 0 aliphatic heterocycles. The number of nitrogens with zero attached hydrogens (tertiary/aromatic N) is 2. The first-order valence-corrected chi connectivity index (χ1v) is 10.6. The second-order valence-corrected chi connectivity index (χ2v) is 7.82. The average molecular weight is 452 g/mol. The third kappa shape index (κ3) is 5.63. The SMILES string of the molecule is CS(=O)c1ccc(-n2nc(C(F)(F)F)cc2-c2ccc(OCCNC(N)=O)cc2)cc1. The second-order valence-electron chi connectivity index (χ2n) is 6.44. The maximum Gasteiger partial charge on any atom is 0.435 e. The molecule has 1 atom stereocenters. The van der Waals surface area contributed by atoms with Gasteiger partial charge in [-0.25, -0.2) is 9.48 Å². The first-order chi connectivity index (χ1) is 14.6. The minimum atomic E-state index is -4.61. The monoisotopic (exact) mass is 452 g/mol. The van der Waals surface area contributed by atoms with E-state index in [1.54, 1.807) is 48.5 Å². The fourth-order valence-corrected chi connectivity index (χ4v) is 3.29. The van der Waals surface area contributed by atoms with Gasteiger partial charge in [0.05, 0.1) is 17.9 Å². The van der Waals surface area contributed by atoms with Crippen LogP contribution in [0.1, 0.15) is 5.69 Å². The van der Waals surface area contributed by atoms with E-state index in [0.717, 1.165) is 6.07 Å². The highest BCUT2D eigenvalue weighted by Crippen LogP contribution is 2.33. The maximum absolute atomic E-state index is 13.3. The third-order valence-corrected chi connectivity index (χ3v) is 5.17. The van der Waals surface area contributed by atoms with E-state index in [9.17, 15) is 22.2 Å². The van der Waals surface area contributed by atoms with Crippen LogP contribution in [-0.4, -0.2) is 39.4 Å². The number of rotatable bonds is 7. The summed E-state index contributed by atoms with van der Waals surface area (Å²) in [7, 11) is -1.21. The number of urea groups is 1. The van der Waals surface area contributed by atoms with Crippen molar-refractivity contribution < 1.29 is 26.9 Å². The number of aromatic nitrogens is 2. The van der Waals surface area contributed by atoms with E-state index >= 15 is 0 Å². The standard InChI is InChI=1S/C20H19F3N4O3S/c1-31(29)16-8-4-14(5-9-16)27-17(12-18(26-27)20(21,22)23)13-2-6-15(7-3-13)30-11-10-25-19(24)28/h2-9,12H,10-11H2,1H3,(H3,24,25,28). The molecule has 31 heavy (non-hydrogen) atoms. The lowest BCUT2D eigenvalue weighted by atomic mass is 10.1. The molecule has 0 fully saturated rings. The Morgan fingerprint density at radius 3 is 2.35 bits per heavy atom. The molecule has 2 aromatic carbocycles. The number of hydrogen-bond donors (Lipinski definition) is 2. The smallest absolute Gasteiger partial charge is 0.435 e. The Morgan fingerprint density at radius 2 is 1.81 bits per heavy atom. The van der Waals surface area contributed by atoms with Gasteiger partial charge >= 0.3 is 12.2 Å². The number of carbonyl (C=O) groups excluding carboxylic acids is 1. The van der Waals surface area contributed by atoms with Crippen molar-refractivity contribution in [2.45, 2.75) is 11.1 Å². The minimum Gasteiger partial charge on any atom is -0.492 e. The van der Waals surface area contributed by atoms with Gasteiger partial charge in [0.1, 0.15) is 12.4 Å². The minimum absolute atomic E-state index is 0.184. The molecule has 3 rings (SSSR count). The number of carbonyl (C=O) groups is 1. The van der Waals surface area contributed by atoms with Crippen LogP contribution in [0.2, 0.25) is 0 Å². The fraction of sp³-hybridized carbons (Fsp3) is 0.200. The Kier molecular flexibility index (Phi) is 6.64. The fourth-order valence-electron chi connectivity index (χ4n) is 2.77. The molecule has 3 aromatic rings. The number of alkyl halides is 3. The van der Waals surface area contributed by atoms with Gasteiger partial charge in [-0.15, -0.1) is 0 Å². The van der Waals surface area contributed by atoms with E-state index in [2.05, 4.69) is 10.4 Å². The number of ether oxygens (including phenoxy) is 1. The predicted molar refractivity (Wildman–Crippen MR) is 109 cm³/mol. The van der Waals surface area contributed by atoms with Crippen molar-refractivity contribution in [3.05, 3.63) is 60.3 Å². The summed E-state index contributed by atoms with van der Waals surface area (Å²) >= 11 is 0. The Balaban J connectivity index is 1.90. The number of benzene rings is 2. The lowest BCUT2D eigenvalue weighted by molar-refractivity contribution is -0.141. The summed E-state index contributed by atoms with van der Waals surface area (Å²) in [4.78, 5) is 11.2. The molecule has 0 radical (unpaired) electrons. The quantitative estimate of drug-likeness (QED) is 0.537. The number of nitrogens with two attached hydrogens (primary N) is 1. The molecule has 1 aromatic heterocycles. The molecule has 0 aliphatic carbocycles. The topological polar surface area (TPSA) is 99.2 Å². The van der Waals surface area contributed by atoms with E-state index in [4.69, 9.17) is 10.5 Å². The molecule has 2 amide bonds. The van der Waals surface area contributed by atoms with Crippen molar-refractivity contribution >= 4 is 16.8 Å². The highest BCUT2D eigenvalue weighted by atomic mass is 32.2. The van der Waals surface area contributed by atoms with E-state index in [1.807, 2.05) is 0 Å². The molecule has 1 unspecified atom stereocenters. The molecule has 0 spiro atoms. The van der Waals surface area contributed by atoms with Crippen LogP contribution in [0, 0.1) is 0 Å².